The fraction of sp³-hybridized carbons (Fsp3) is 0.250. The molecule has 4 rings (SSSR count). The number of benzene rings is 2. The van der Waals surface area contributed by atoms with Gasteiger partial charge in [0.15, 0.2) is 15.0 Å². The molecule has 9 heteroatoms. The third-order valence-corrected chi connectivity index (χ3v) is 9.45. The molecule has 1 saturated heterocycles. The van der Waals surface area contributed by atoms with Gasteiger partial charge in [0, 0.05) is 28.5 Å². The van der Waals surface area contributed by atoms with Crippen molar-refractivity contribution in [3.05, 3.63) is 62.4 Å². The first-order valence-corrected chi connectivity index (χ1v) is 13.0. The van der Waals surface area contributed by atoms with Crippen LogP contribution in [0.3, 0.4) is 0 Å². The van der Waals surface area contributed by atoms with E-state index in [4.69, 9.17) is 28.2 Å². The number of halogens is 3. The first-order chi connectivity index (χ1) is 13.8. The molecule has 0 spiro atoms. The number of thiazole rings is 1. The lowest BCUT2D eigenvalue weighted by Crippen LogP contribution is -2.39. The Kier molecular flexibility index (Phi) is 6.23. The van der Waals surface area contributed by atoms with Crippen LogP contribution in [-0.4, -0.2) is 31.7 Å². The molecule has 0 radical (unpaired) electrons. The molecule has 152 valence electrons. The molecule has 0 aliphatic carbocycles. The van der Waals surface area contributed by atoms with E-state index in [1.54, 1.807) is 47.7 Å². The molecule has 0 bridgehead atoms. The van der Waals surface area contributed by atoms with Crippen molar-refractivity contribution >= 4 is 65.4 Å². The van der Waals surface area contributed by atoms with Crippen molar-refractivity contribution in [2.45, 2.75) is 23.0 Å². The van der Waals surface area contributed by atoms with Gasteiger partial charge in [-0.05, 0) is 49.2 Å². The summed E-state index contributed by atoms with van der Waals surface area (Å²) in [5.74, 6) is 0. The minimum atomic E-state index is -3.32. The molecular weight excluding hydrogens is 515 g/mol. The largest absolute Gasteiger partial charge is 0.348 e. The van der Waals surface area contributed by atoms with Crippen LogP contribution in [0.25, 0.3) is 11.3 Å². The summed E-state index contributed by atoms with van der Waals surface area (Å²) in [4.78, 5) is 7.25. The van der Waals surface area contributed by atoms with Crippen molar-refractivity contribution < 1.29 is 8.42 Å². The standard InChI is InChI=1S/C20H17BrCl2N2O2S2/c21-14-2-4-15(5-3-14)29(26,27)16-7-9-25(10-8-16)20-24-19(12-28-20)13-1-6-17(22)18(23)11-13/h1-6,11-12,16H,7-10H2. The summed E-state index contributed by atoms with van der Waals surface area (Å²) in [5.41, 5.74) is 1.75. The Hall–Kier alpha value is -1.12. The molecule has 1 fully saturated rings. The summed E-state index contributed by atoms with van der Waals surface area (Å²) in [6.45, 7) is 1.32. The van der Waals surface area contributed by atoms with Gasteiger partial charge in [0.05, 0.1) is 25.9 Å². The quantitative estimate of drug-likeness (QED) is 0.395. The number of aromatic nitrogens is 1. The van der Waals surface area contributed by atoms with E-state index in [9.17, 15) is 8.42 Å². The normalized spacial score (nSPS) is 15.6. The van der Waals surface area contributed by atoms with E-state index < -0.39 is 9.84 Å². The SMILES string of the molecule is O=S(=O)(c1ccc(Br)cc1)C1CCN(c2nc(-c3ccc(Cl)c(Cl)c3)cs2)CC1. The first-order valence-electron chi connectivity index (χ1n) is 9.00. The summed E-state index contributed by atoms with van der Waals surface area (Å²) in [5, 5.41) is 3.53. The molecule has 29 heavy (non-hydrogen) atoms. The molecule has 0 atom stereocenters. The smallest absolute Gasteiger partial charge is 0.185 e. The molecule has 0 unspecified atom stereocenters. The van der Waals surface area contributed by atoms with Crippen molar-refractivity contribution in [2.75, 3.05) is 18.0 Å². The maximum Gasteiger partial charge on any atom is 0.185 e. The lowest BCUT2D eigenvalue weighted by molar-refractivity contribution is 0.529. The van der Waals surface area contributed by atoms with E-state index in [-0.39, 0.29) is 5.25 Å². The number of anilines is 1. The monoisotopic (exact) mass is 530 g/mol. The van der Waals surface area contributed by atoms with Crippen LogP contribution in [0, 0.1) is 0 Å². The number of nitrogens with zero attached hydrogens (tertiary/aromatic N) is 2. The highest BCUT2D eigenvalue weighted by Gasteiger charge is 2.32. The van der Waals surface area contributed by atoms with E-state index in [0.29, 0.717) is 40.9 Å². The molecule has 3 aromatic rings. The van der Waals surface area contributed by atoms with Crippen LogP contribution in [0.5, 0.6) is 0 Å². The Morgan fingerprint density at radius 2 is 1.72 bits per heavy atom. The van der Waals surface area contributed by atoms with Crippen molar-refractivity contribution in [2.24, 2.45) is 0 Å². The van der Waals surface area contributed by atoms with Crippen LogP contribution in [0.4, 0.5) is 5.13 Å². The second-order valence-corrected chi connectivity index (χ2v) is 11.6. The number of hydrogen-bond acceptors (Lipinski definition) is 5. The zero-order valence-electron chi connectivity index (χ0n) is 15.2. The number of piperidine rings is 1. The first kappa shape index (κ1) is 21.1. The molecule has 0 saturated carbocycles. The number of rotatable bonds is 4. The Bertz CT molecular complexity index is 1130. The van der Waals surface area contributed by atoms with Crippen LogP contribution in [0.2, 0.25) is 10.0 Å². The Morgan fingerprint density at radius 1 is 1.03 bits per heavy atom. The van der Waals surface area contributed by atoms with Crippen molar-refractivity contribution in [1.82, 2.24) is 4.98 Å². The highest BCUT2D eigenvalue weighted by Crippen LogP contribution is 2.34. The second-order valence-electron chi connectivity index (χ2n) is 6.83. The number of hydrogen-bond donors (Lipinski definition) is 0. The van der Waals surface area contributed by atoms with Gasteiger partial charge >= 0.3 is 0 Å². The van der Waals surface area contributed by atoms with Crippen LogP contribution >= 0.6 is 50.5 Å². The zero-order chi connectivity index (χ0) is 20.6. The average Bonchev–Trinajstić information content (AvgIpc) is 3.21. The highest BCUT2D eigenvalue weighted by atomic mass is 79.9. The van der Waals surface area contributed by atoms with Gasteiger partial charge in [-0.1, -0.05) is 45.2 Å². The average molecular weight is 532 g/mol. The van der Waals surface area contributed by atoms with Crippen LogP contribution in [0.15, 0.2) is 57.2 Å². The predicted octanol–water partition coefficient (Wildman–Crippen LogP) is 6.32. The predicted molar refractivity (Wildman–Crippen MR) is 124 cm³/mol. The van der Waals surface area contributed by atoms with Gasteiger partial charge in [0.1, 0.15) is 0 Å². The van der Waals surface area contributed by atoms with Gasteiger partial charge in [-0.2, -0.15) is 0 Å². The summed E-state index contributed by atoms with van der Waals surface area (Å²) in [6.07, 6.45) is 1.17. The molecule has 1 aliphatic heterocycles. The summed E-state index contributed by atoms with van der Waals surface area (Å²) in [6, 6.07) is 12.3. The van der Waals surface area contributed by atoms with Gasteiger partial charge in [0.25, 0.3) is 0 Å². The van der Waals surface area contributed by atoms with E-state index >= 15 is 0 Å². The van der Waals surface area contributed by atoms with Crippen molar-refractivity contribution in [3.8, 4) is 11.3 Å². The minimum Gasteiger partial charge on any atom is -0.348 e. The second kappa shape index (κ2) is 8.55. The van der Waals surface area contributed by atoms with Gasteiger partial charge in [-0.25, -0.2) is 13.4 Å². The van der Waals surface area contributed by atoms with Gasteiger partial charge in [0.2, 0.25) is 0 Å². The van der Waals surface area contributed by atoms with Crippen LogP contribution < -0.4 is 4.90 Å². The summed E-state index contributed by atoms with van der Waals surface area (Å²) >= 11 is 17.0. The Balaban J connectivity index is 1.45. The van der Waals surface area contributed by atoms with E-state index in [1.807, 2.05) is 11.4 Å². The molecule has 1 aliphatic rings. The van der Waals surface area contributed by atoms with Crippen molar-refractivity contribution in [1.29, 1.82) is 0 Å². The van der Waals surface area contributed by atoms with Gasteiger partial charge in [-0.15, -0.1) is 11.3 Å². The maximum absolute atomic E-state index is 12.9. The van der Waals surface area contributed by atoms with Gasteiger partial charge < -0.3 is 4.90 Å². The van der Waals surface area contributed by atoms with E-state index in [1.165, 1.54) is 0 Å². The third kappa shape index (κ3) is 4.49. The molecule has 2 heterocycles. The fourth-order valence-corrected chi connectivity index (χ4v) is 6.55. The summed E-state index contributed by atoms with van der Waals surface area (Å²) < 4.78 is 26.7. The maximum atomic E-state index is 12.9. The van der Waals surface area contributed by atoms with Crippen LogP contribution in [-0.2, 0) is 9.84 Å². The van der Waals surface area contributed by atoms with Crippen molar-refractivity contribution in [3.63, 3.8) is 0 Å². The zero-order valence-corrected chi connectivity index (χ0v) is 19.9. The fourth-order valence-electron chi connectivity index (χ4n) is 3.37. The lowest BCUT2D eigenvalue weighted by atomic mass is 10.1. The topological polar surface area (TPSA) is 50.3 Å². The molecule has 1 aromatic heterocycles. The Labute approximate surface area is 192 Å². The van der Waals surface area contributed by atoms with E-state index in [2.05, 4.69) is 20.8 Å². The van der Waals surface area contributed by atoms with E-state index in [0.717, 1.165) is 20.9 Å². The highest BCUT2D eigenvalue weighted by molar-refractivity contribution is 9.10. The minimum absolute atomic E-state index is 0.366. The summed E-state index contributed by atoms with van der Waals surface area (Å²) in [7, 11) is -3.32. The molecule has 0 amide bonds. The molecule has 0 N–H and O–H groups in total. The molecule has 2 aromatic carbocycles. The lowest BCUT2D eigenvalue weighted by Gasteiger charge is -2.31. The molecular formula is C20H17BrCl2N2O2S2. The third-order valence-electron chi connectivity index (χ3n) is 5.00. The number of sulfone groups is 1. The Morgan fingerprint density at radius 3 is 2.38 bits per heavy atom. The molecule has 4 nitrogen and oxygen atoms in total. The van der Waals surface area contributed by atoms with Crippen LogP contribution in [0.1, 0.15) is 12.8 Å². The van der Waals surface area contributed by atoms with Gasteiger partial charge in [-0.3, -0.25) is 0 Å².